The number of pyridine rings is 2. The van der Waals surface area contributed by atoms with E-state index in [0.29, 0.717) is 0 Å². The molecule has 0 unspecified atom stereocenters. The van der Waals surface area contributed by atoms with E-state index in [2.05, 4.69) is 232 Å². The normalized spacial score (nSPS) is 13.4. The Morgan fingerprint density at radius 3 is 1.04 bits per heavy atom. The summed E-state index contributed by atoms with van der Waals surface area (Å²) in [5, 5.41) is 0. The Morgan fingerprint density at radius 2 is 0.702 bits per heavy atom. The molecule has 0 spiro atoms. The molecule has 0 amide bonds. The minimum atomic E-state index is -0.647. The van der Waals surface area contributed by atoms with Crippen LogP contribution in [0.1, 0.15) is 50.2 Å². The van der Waals surface area contributed by atoms with E-state index in [0.717, 1.165) is 79.2 Å². The molecular weight excluding hydrogens is 876 g/mol. The fourth-order valence-electron chi connectivity index (χ4n) is 7.65. The van der Waals surface area contributed by atoms with Crippen LogP contribution in [0.15, 0.2) is 182 Å². The number of hydrogen-bond donors (Lipinski definition) is 0. The van der Waals surface area contributed by atoms with Gasteiger partial charge >= 0.3 is 21.1 Å². The van der Waals surface area contributed by atoms with E-state index in [1.807, 2.05) is 0 Å². The number of hydrogen-bond acceptors (Lipinski definition) is 4. The van der Waals surface area contributed by atoms with Gasteiger partial charge in [0.2, 0.25) is 0 Å². The van der Waals surface area contributed by atoms with Crippen molar-refractivity contribution in [3.8, 4) is 22.5 Å². The Hall–Kier alpha value is -6.09. The Morgan fingerprint density at radius 1 is 0.368 bits per heavy atom. The molecule has 0 N–H and O–H groups in total. The molecule has 1 aliphatic rings. The van der Waals surface area contributed by atoms with E-state index < -0.39 is 10.8 Å². The summed E-state index contributed by atoms with van der Waals surface area (Å²) in [5.74, 6) is 0. The van der Waals surface area contributed by atoms with Crippen molar-refractivity contribution in [1.82, 2.24) is 9.97 Å². The molecule has 57 heavy (non-hydrogen) atoms. The molecule has 8 aromatic rings. The quantitative estimate of drug-likeness (QED) is 0.156. The molecule has 3 heterocycles. The van der Waals surface area contributed by atoms with Crippen molar-refractivity contribution < 1.29 is 21.1 Å². The van der Waals surface area contributed by atoms with Gasteiger partial charge in [0.1, 0.15) is 0 Å². The van der Waals surface area contributed by atoms with E-state index in [-0.39, 0.29) is 21.1 Å². The number of para-hydroxylation sites is 4. The van der Waals surface area contributed by atoms with Crippen LogP contribution in [-0.4, -0.2) is 9.97 Å². The van der Waals surface area contributed by atoms with E-state index in [9.17, 15) is 0 Å². The number of benzene rings is 6. The third-order valence-electron chi connectivity index (χ3n) is 11.0. The molecule has 0 fully saturated rings. The van der Waals surface area contributed by atoms with Crippen molar-refractivity contribution in [3.05, 3.63) is 217 Å². The van der Waals surface area contributed by atoms with Crippen LogP contribution >= 0.6 is 0 Å². The molecule has 280 valence electrons. The maximum atomic E-state index is 5.52. The van der Waals surface area contributed by atoms with E-state index in [1.165, 1.54) is 0 Å². The van der Waals surface area contributed by atoms with Gasteiger partial charge in [0, 0.05) is 50.9 Å². The summed E-state index contributed by atoms with van der Waals surface area (Å²) in [6.45, 7) is 8.96. The summed E-state index contributed by atoms with van der Waals surface area (Å²) in [5.41, 5.74) is 12.7. The van der Waals surface area contributed by atoms with Crippen LogP contribution in [0.25, 0.3) is 22.5 Å². The van der Waals surface area contributed by atoms with Gasteiger partial charge in [0.15, 0.2) is 0 Å². The predicted molar refractivity (Wildman–Crippen MR) is 231 cm³/mol. The topological polar surface area (TPSA) is 32.3 Å². The average Bonchev–Trinajstić information content (AvgIpc) is 3.25. The molecule has 6 aromatic carbocycles. The standard InChI is InChI=1S/C52H42N4.Pt/c1-51(2)39-21-17-19-37(31-39)47-33-45(55(41-23-9-5-10-24-41)42-25-11-6-12-26-42)35-49(53-47)52(3,4)50-36-46(34-48(54-50)38-20-18-22-40(51)32-38)56(43-27-13-7-14-28-43)44-29-15-8-16-30-44;/h5-30,33-36H,1-4H3;/q-2;+2. The van der Waals surface area contributed by atoms with Crippen molar-refractivity contribution in [2.24, 2.45) is 0 Å². The smallest absolute Gasteiger partial charge is 0.311 e. The summed E-state index contributed by atoms with van der Waals surface area (Å²) in [6, 6.07) is 71.5. The van der Waals surface area contributed by atoms with Crippen molar-refractivity contribution >= 4 is 34.1 Å². The second-order valence-corrected chi connectivity index (χ2v) is 15.4. The van der Waals surface area contributed by atoms with Gasteiger partial charge in [0.05, 0.1) is 0 Å². The van der Waals surface area contributed by atoms with Gasteiger partial charge in [-0.25, -0.2) is 0 Å². The molecule has 9 rings (SSSR count). The largest absolute Gasteiger partial charge is 2.00 e. The first-order valence-corrected chi connectivity index (χ1v) is 19.2. The number of fused-ring (bicyclic) bond motifs is 10. The van der Waals surface area contributed by atoms with Gasteiger partial charge in [-0.2, -0.15) is 0 Å². The van der Waals surface area contributed by atoms with Crippen LogP contribution in [0.5, 0.6) is 0 Å². The van der Waals surface area contributed by atoms with Crippen LogP contribution in [0.3, 0.4) is 0 Å². The molecular formula is C52H42N4Pt. The molecule has 0 saturated heterocycles. The monoisotopic (exact) mass is 917 g/mol. The van der Waals surface area contributed by atoms with Gasteiger partial charge in [-0.1, -0.05) is 98.8 Å². The van der Waals surface area contributed by atoms with Crippen molar-refractivity contribution in [3.63, 3.8) is 0 Å². The Kier molecular flexibility index (Phi) is 10.2. The Balaban J connectivity index is 0.00000455. The second-order valence-electron chi connectivity index (χ2n) is 15.4. The summed E-state index contributed by atoms with van der Waals surface area (Å²) < 4.78 is 0. The van der Waals surface area contributed by atoms with E-state index in [4.69, 9.17) is 9.97 Å². The fraction of sp³-hybridized carbons (Fsp3) is 0.115. The van der Waals surface area contributed by atoms with Crippen LogP contribution in [0.4, 0.5) is 34.1 Å². The molecule has 0 atom stereocenters. The molecule has 2 aromatic heterocycles. The summed E-state index contributed by atoms with van der Waals surface area (Å²) in [4.78, 5) is 15.7. The minimum Gasteiger partial charge on any atom is -0.311 e. The van der Waals surface area contributed by atoms with Gasteiger partial charge in [-0.05, 0) is 91.3 Å². The van der Waals surface area contributed by atoms with Gasteiger partial charge < -0.3 is 19.8 Å². The fourth-order valence-corrected chi connectivity index (χ4v) is 7.65. The molecule has 1 aliphatic heterocycles. The number of nitrogens with zero attached hydrogens (tertiary/aromatic N) is 4. The number of aromatic nitrogens is 2. The van der Waals surface area contributed by atoms with Crippen LogP contribution in [-0.2, 0) is 31.9 Å². The second kappa shape index (κ2) is 15.4. The van der Waals surface area contributed by atoms with Crippen molar-refractivity contribution in [2.45, 2.75) is 38.5 Å². The number of rotatable bonds is 6. The average molecular weight is 918 g/mol. The van der Waals surface area contributed by atoms with Crippen LogP contribution in [0.2, 0.25) is 0 Å². The maximum Gasteiger partial charge on any atom is 2.00 e. The molecule has 8 bridgehead atoms. The first-order chi connectivity index (χ1) is 27.3. The van der Waals surface area contributed by atoms with Crippen LogP contribution < -0.4 is 9.80 Å². The SMILES string of the molecule is CC1(C)c2[c-]c(ccc2)-c2cc(N(c3ccccc3)c3ccccc3)cc(n2)C(C)(C)c2cc(N(c3ccccc3)c3ccccc3)cc(n2)-c2[c-]c1ccc2.[Pt+2]. The Labute approximate surface area is 350 Å². The van der Waals surface area contributed by atoms with E-state index in [1.54, 1.807) is 0 Å². The number of anilines is 6. The summed E-state index contributed by atoms with van der Waals surface area (Å²) in [7, 11) is 0. The third-order valence-corrected chi connectivity index (χ3v) is 11.0. The van der Waals surface area contributed by atoms with Gasteiger partial charge in [0.25, 0.3) is 0 Å². The molecule has 5 heteroatoms. The first kappa shape index (κ1) is 37.8. The maximum absolute atomic E-state index is 5.52. The zero-order chi connectivity index (χ0) is 38.3. The molecule has 0 saturated carbocycles. The van der Waals surface area contributed by atoms with E-state index >= 15 is 0 Å². The minimum absolute atomic E-state index is 0. The molecule has 0 radical (unpaired) electrons. The zero-order valence-electron chi connectivity index (χ0n) is 32.4. The van der Waals surface area contributed by atoms with Crippen molar-refractivity contribution in [2.75, 3.05) is 9.80 Å². The molecule has 4 nitrogen and oxygen atoms in total. The van der Waals surface area contributed by atoms with Crippen molar-refractivity contribution in [1.29, 1.82) is 0 Å². The molecule has 0 aliphatic carbocycles. The Bertz CT molecular complexity index is 2380. The predicted octanol–water partition coefficient (Wildman–Crippen LogP) is 13.3. The summed E-state index contributed by atoms with van der Waals surface area (Å²) in [6.07, 6.45) is 0. The van der Waals surface area contributed by atoms with Gasteiger partial charge in [-0.3, -0.25) is 0 Å². The first-order valence-electron chi connectivity index (χ1n) is 19.2. The summed E-state index contributed by atoms with van der Waals surface area (Å²) >= 11 is 0. The van der Waals surface area contributed by atoms with Gasteiger partial charge in [-0.15, -0.1) is 70.8 Å². The van der Waals surface area contributed by atoms with Crippen LogP contribution in [0, 0.1) is 12.1 Å². The third kappa shape index (κ3) is 7.23. The zero-order valence-corrected chi connectivity index (χ0v) is 34.7.